The molecule has 0 aromatic heterocycles. The van der Waals surface area contributed by atoms with Crippen LogP contribution in [0, 0.1) is 0 Å². The largest absolute Gasteiger partial charge is 0.464 e. The van der Waals surface area contributed by atoms with Crippen molar-refractivity contribution in [3.05, 3.63) is 11.8 Å². The highest BCUT2D eigenvalue weighted by molar-refractivity contribution is 5.91. The molecule has 0 rings (SSSR count). The molecule has 1 N–H and O–H groups in total. The number of methoxy groups -OCH3 is 1. The lowest BCUT2D eigenvalue weighted by Crippen LogP contribution is -2.28. The van der Waals surface area contributed by atoms with E-state index in [0.717, 1.165) is 0 Å². The molecule has 0 saturated heterocycles. The number of amides is 1. The van der Waals surface area contributed by atoms with Crippen LogP contribution in [0.2, 0.25) is 0 Å². The average molecular weight is 187 g/mol. The fraction of sp³-hybridized carbons (Fsp3) is 0.500. The first-order valence-corrected chi connectivity index (χ1v) is 3.84. The zero-order chi connectivity index (χ0) is 10.3. The molecule has 0 spiro atoms. The number of nitrogens with one attached hydrogen (secondary N) is 1. The molecular weight excluding hydrogens is 174 g/mol. The van der Waals surface area contributed by atoms with Gasteiger partial charge in [0.1, 0.15) is 5.70 Å². The van der Waals surface area contributed by atoms with Crippen molar-refractivity contribution in [1.29, 1.82) is 0 Å². The Morgan fingerprint density at radius 2 is 2.08 bits per heavy atom. The van der Waals surface area contributed by atoms with E-state index in [0.29, 0.717) is 0 Å². The second kappa shape index (κ2) is 6.05. The molecule has 5 nitrogen and oxygen atoms in total. The molecule has 0 aliphatic carbocycles. The van der Waals surface area contributed by atoms with Gasteiger partial charge in [-0.2, -0.15) is 0 Å². The predicted molar refractivity (Wildman–Crippen MR) is 45.9 cm³/mol. The molecule has 13 heavy (non-hydrogen) atoms. The Bertz CT molecular complexity index is 222. The Balaban J connectivity index is 4.15. The molecule has 0 aromatic rings. The predicted octanol–water partition coefficient (Wildman–Crippen LogP) is 0.809. The fourth-order valence-corrected chi connectivity index (χ4v) is 0.628. The summed E-state index contributed by atoms with van der Waals surface area (Å²) in [6, 6.07) is 0. The van der Waals surface area contributed by atoms with Crippen molar-refractivity contribution in [2.75, 3.05) is 13.7 Å². The molecule has 0 atom stereocenters. The maximum absolute atomic E-state index is 10.9. The summed E-state index contributed by atoms with van der Waals surface area (Å²) in [5.41, 5.74) is 0.0703. The van der Waals surface area contributed by atoms with E-state index in [2.05, 4.69) is 14.8 Å². The molecule has 0 radical (unpaired) electrons. The molecule has 0 unspecified atom stereocenters. The van der Waals surface area contributed by atoms with Crippen molar-refractivity contribution in [3.63, 3.8) is 0 Å². The first-order valence-electron chi connectivity index (χ1n) is 3.84. The fourth-order valence-electron chi connectivity index (χ4n) is 0.628. The Labute approximate surface area is 76.7 Å². The highest BCUT2D eigenvalue weighted by atomic mass is 16.6. The van der Waals surface area contributed by atoms with Crippen LogP contribution in [0.4, 0.5) is 4.79 Å². The second-order valence-electron chi connectivity index (χ2n) is 2.04. The Morgan fingerprint density at radius 3 is 2.46 bits per heavy atom. The zero-order valence-corrected chi connectivity index (χ0v) is 7.92. The molecule has 74 valence electrons. The summed E-state index contributed by atoms with van der Waals surface area (Å²) in [7, 11) is 1.23. The van der Waals surface area contributed by atoms with Crippen LogP contribution in [-0.2, 0) is 14.3 Å². The second-order valence-corrected chi connectivity index (χ2v) is 2.04. The lowest BCUT2D eigenvalue weighted by atomic mass is 10.4. The van der Waals surface area contributed by atoms with Gasteiger partial charge in [0.25, 0.3) is 0 Å². The van der Waals surface area contributed by atoms with Gasteiger partial charge in [0.2, 0.25) is 0 Å². The lowest BCUT2D eigenvalue weighted by Gasteiger charge is -2.06. The summed E-state index contributed by atoms with van der Waals surface area (Å²) in [5.74, 6) is -0.601. The van der Waals surface area contributed by atoms with Gasteiger partial charge < -0.3 is 9.47 Å². The Morgan fingerprint density at radius 1 is 1.46 bits per heavy atom. The van der Waals surface area contributed by atoms with Gasteiger partial charge in [-0.1, -0.05) is 6.08 Å². The molecule has 0 aliphatic rings. The third-order valence-corrected chi connectivity index (χ3v) is 1.21. The van der Waals surface area contributed by atoms with Crippen LogP contribution < -0.4 is 5.32 Å². The number of carbonyl (C=O) groups excluding carboxylic acids is 2. The van der Waals surface area contributed by atoms with Gasteiger partial charge in [0, 0.05) is 0 Å². The van der Waals surface area contributed by atoms with E-state index in [-0.39, 0.29) is 12.3 Å². The topological polar surface area (TPSA) is 64.6 Å². The maximum Gasteiger partial charge on any atom is 0.411 e. The minimum absolute atomic E-state index is 0.0703. The lowest BCUT2D eigenvalue weighted by molar-refractivity contribution is -0.136. The monoisotopic (exact) mass is 187 g/mol. The summed E-state index contributed by atoms with van der Waals surface area (Å²) < 4.78 is 8.97. The van der Waals surface area contributed by atoms with E-state index in [1.807, 2.05) is 0 Å². The molecule has 1 amide bonds. The first-order chi connectivity index (χ1) is 6.15. The Kier molecular flexibility index (Phi) is 5.34. The maximum atomic E-state index is 10.9. The minimum Gasteiger partial charge on any atom is -0.464 e. The van der Waals surface area contributed by atoms with Crippen LogP contribution in [0.1, 0.15) is 13.8 Å². The van der Waals surface area contributed by atoms with Crippen molar-refractivity contribution in [1.82, 2.24) is 5.32 Å². The van der Waals surface area contributed by atoms with Gasteiger partial charge in [-0.15, -0.1) is 0 Å². The van der Waals surface area contributed by atoms with E-state index >= 15 is 0 Å². The third-order valence-electron chi connectivity index (χ3n) is 1.21. The molecule has 0 aliphatic heterocycles. The SMILES string of the molecule is CC=C(NC(=O)OCC)C(=O)OC. The van der Waals surface area contributed by atoms with Crippen LogP contribution in [0.3, 0.4) is 0 Å². The molecule has 5 heteroatoms. The summed E-state index contributed by atoms with van der Waals surface area (Å²) in [5, 5.41) is 2.24. The number of rotatable bonds is 3. The molecular formula is C8H13NO4. The summed E-state index contributed by atoms with van der Waals surface area (Å²) in [4.78, 5) is 21.8. The van der Waals surface area contributed by atoms with Crippen molar-refractivity contribution >= 4 is 12.1 Å². The molecule has 0 fully saturated rings. The van der Waals surface area contributed by atoms with Gasteiger partial charge in [0.15, 0.2) is 0 Å². The van der Waals surface area contributed by atoms with Crippen molar-refractivity contribution < 1.29 is 19.1 Å². The van der Waals surface area contributed by atoms with E-state index < -0.39 is 12.1 Å². The third kappa shape index (κ3) is 4.15. The standard InChI is InChI=1S/C8H13NO4/c1-4-6(7(10)12-3)9-8(11)13-5-2/h4H,5H2,1-3H3,(H,9,11). The molecule has 0 aromatic carbocycles. The van der Waals surface area contributed by atoms with Crippen LogP contribution in [0.5, 0.6) is 0 Å². The van der Waals surface area contributed by atoms with E-state index in [1.54, 1.807) is 13.8 Å². The molecule has 0 heterocycles. The number of allylic oxidation sites excluding steroid dienone is 1. The number of hydrogen-bond donors (Lipinski definition) is 1. The van der Waals surface area contributed by atoms with Crippen molar-refractivity contribution in [2.24, 2.45) is 0 Å². The van der Waals surface area contributed by atoms with Crippen LogP contribution >= 0.6 is 0 Å². The summed E-state index contributed by atoms with van der Waals surface area (Å²) in [6.07, 6.45) is 0.768. The number of esters is 1. The van der Waals surface area contributed by atoms with E-state index in [9.17, 15) is 9.59 Å². The summed E-state index contributed by atoms with van der Waals surface area (Å²) in [6.45, 7) is 3.54. The summed E-state index contributed by atoms with van der Waals surface area (Å²) >= 11 is 0. The van der Waals surface area contributed by atoms with Gasteiger partial charge in [-0.05, 0) is 13.8 Å². The molecule has 0 saturated carbocycles. The van der Waals surface area contributed by atoms with Gasteiger partial charge in [0.05, 0.1) is 13.7 Å². The Hall–Kier alpha value is -1.52. The smallest absolute Gasteiger partial charge is 0.411 e. The number of alkyl carbamates (subject to hydrolysis) is 1. The molecule has 0 bridgehead atoms. The number of hydrogen-bond acceptors (Lipinski definition) is 4. The van der Waals surface area contributed by atoms with Crippen LogP contribution in [0.25, 0.3) is 0 Å². The van der Waals surface area contributed by atoms with Gasteiger partial charge in [-0.25, -0.2) is 9.59 Å². The minimum atomic E-state index is -0.666. The zero-order valence-electron chi connectivity index (χ0n) is 7.92. The number of ether oxygens (including phenoxy) is 2. The highest BCUT2D eigenvalue weighted by Gasteiger charge is 2.11. The highest BCUT2D eigenvalue weighted by Crippen LogP contribution is 1.93. The van der Waals surface area contributed by atoms with Gasteiger partial charge in [-0.3, -0.25) is 5.32 Å². The van der Waals surface area contributed by atoms with E-state index in [4.69, 9.17) is 0 Å². The van der Waals surface area contributed by atoms with Gasteiger partial charge >= 0.3 is 12.1 Å². The van der Waals surface area contributed by atoms with Crippen LogP contribution in [0.15, 0.2) is 11.8 Å². The number of carbonyl (C=O) groups is 2. The normalized spacial score (nSPS) is 10.5. The van der Waals surface area contributed by atoms with E-state index in [1.165, 1.54) is 13.2 Å². The van der Waals surface area contributed by atoms with Crippen molar-refractivity contribution in [2.45, 2.75) is 13.8 Å². The first kappa shape index (κ1) is 11.5. The average Bonchev–Trinajstić information content (AvgIpc) is 2.13. The quantitative estimate of drug-likeness (QED) is 0.524. The van der Waals surface area contributed by atoms with Crippen molar-refractivity contribution in [3.8, 4) is 0 Å². The van der Waals surface area contributed by atoms with Crippen LogP contribution in [-0.4, -0.2) is 25.8 Å².